The first-order valence-electron chi connectivity index (χ1n) is 6.56. The molecular weight excluding hydrogens is 224 g/mol. The molecule has 0 saturated carbocycles. The van der Waals surface area contributed by atoms with E-state index in [-0.39, 0.29) is 0 Å². The van der Waals surface area contributed by atoms with E-state index >= 15 is 0 Å². The van der Waals surface area contributed by atoms with E-state index in [1.165, 1.54) is 0 Å². The first-order chi connectivity index (χ1) is 8.74. The first kappa shape index (κ1) is 13.0. The van der Waals surface area contributed by atoms with Crippen LogP contribution in [0.3, 0.4) is 0 Å². The van der Waals surface area contributed by atoms with Gasteiger partial charge in [0.1, 0.15) is 11.8 Å². The predicted octanol–water partition coefficient (Wildman–Crippen LogP) is 1.51. The van der Waals surface area contributed by atoms with Gasteiger partial charge in [-0.2, -0.15) is 5.26 Å². The molecule has 2 heterocycles. The number of hydrogen-bond acceptors (Lipinski definition) is 4. The fraction of sp³-hybridized carbons (Fsp3) is 0.571. The average Bonchev–Trinajstić information content (AvgIpc) is 2.41. The summed E-state index contributed by atoms with van der Waals surface area (Å²) in [6.07, 6.45) is 3.83. The van der Waals surface area contributed by atoms with Crippen LogP contribution in [-0.2, 0) is 6.54 Å². The number of rotatable bonds is 3. The summed E-state index contributed by atoms with van der Waals surface area (Å²) in [5, 5.41) is 9.04. The van der Waals surface area contributed by atoms with Crippen LogP contribution in [0.5, 0.6) is 0 Å². The molecule has 18 heavy (non-hydrogen) atoms. The van der Waals surface area contributed by atoms with Gasteiger partial charge in [0.05, 0.1) is 0 Å². The molecule has 96 valence electrons. The van der Waals surface area contributed by atoms with Crippen LogP contribution in [0.2, 0.25) is 0 Å². The molecule has 2 rings (SSSR count). The minimum atomic E-state index is 0.329. The summed E-state index contributed by atoms with van der Waals surface area (Å²) in [5.41, 5.74) is 7.67. The maximum absolute atomic E-state index is 9.04. The summed E-state index contributed by atoms with van der Waals surface area (Å²) in [5.74, 6) is 0.570. The van der Waals surface area contributed by atoms with E-state index in [2.05, 4.69) is 22.9 Å². The number of likely N-dealkylation sites (tertiary alicyclic amines) is 1. The van der Waals surface area contributed by atoms with Crippen LogP contribution in [0.4, 0.5) is 0 Å². The summed E-state index contributed by atoms with van der Waals surface area (Å²) in [4.78, 5) is 6.49. The largest absolute Gasteiger partial charge is 0.327 e. The Hall–Kier alpha value is -1.44. The minimum absolute atomic E-state index is 0.329. The van der Waals surface area contributed by atoms with Gasteiger partial charge in [-0.3, -0.25) is 4.90 Å². The molecule has 4 nitrogen and oxygen atoms in total. The lowest BCUT2D eigenvalue weighted by Crippen LogP contribution is -2.46. The number of aromatic nitrogens is 1. The van der Waals surface area contributed by atoms with Gasteiger partial charge in [-0.25, -0.2) is 4.98 Å². The molecule has 0 bridgehead atoms. The number of hydrogen-bond donors (Lipinski definition) is 1. The highest BCUT2D eigenvalue weighted by Gasteiger charge is 2.25. The van der Waals surface area contributed by atoms with Gasteiger partial charge in [-0.15, -0.1) is 0 Å². The van der Waals surface area contributed by atoms with Gasteiger partial charge in [0, 0.05) is 30.9 Å². The zero-order chi connectivity index (χ0) is 13.0. The second kappa shape index (κ2) is 5.94. The fourth-order valence-electron chi connectivity index (χ4n) is 2.61. The van der Waals surface area contributed by atoms with Crippen molar-refractivity contribution in [2.75, 3.05) is 13.1 Å². The van der Waals surface area contributed by atoms with E-state index in [4.69, 9.17) is 11.0 Å². The zero-order valence-corrected chi connectivity index (χ0v) is 10.8. The molecule has 2 atom stereocenters. The molecule has 1 fully saturated rings. The van der Waals surface area contributed by atoms with Crippen LogP contribution < -0.4 is 5.73 Å². The maximum atomic E-state index is 9.04. The summed E-state index contributed by atoms with van der Waals surface area (Å²) >= 11 is 0. The van der Waals surface area contributed by atoms with E-state index in [1.807, 2.05) is 12.1 Å². The molecule has 1 aromatic heterocycles. The predicted molar refractivity (Wildman–Crippen MR) is 70.6 cm³/mol. The second-order valence-corrected chi connectivity index (χ2v) is 4.98. The molecule has 4 heteroatoms. The van der Waals surface area contributed by atoms with E-state index < -0.39 is 0 Å². The molecule has 0 spiro atoms. The number of nitrogens with zero attached hydrogens (tertiary/aromatic N) is 3. The van der Waals surface area contributed by atoms with Crippen molar-refractivity contribution in [3.63, 3.8) is 0 Å². The number of nitriles is 1. The summed E-state index contributed by atoms with van der Waals surface area (Å²) < 4.78 is 0. The molecule has 0 amide bonds. The topological polar surface area (TPSA) is 65.9 Å². The van der Waals surface area contributed by atoms with Crippen molar-refractivity contribution < 1.29 is 0 Å². The van der Waals surface area contributed by atoms with Crippen LogP contribution in [-0.4, -0.2) is 29.0 Å². The maximum Gasteiger partial charge on any atom is 0.144 e. The van der Waals surface area contributed by atoms with Gasteiger partial charge >= 0.3 is 0 Å². The number of nitrogens with two attached hydrogens (primary N) is 1. The van der Waals surface area contributed by atoms with Crippen molar-refractivity contribution in [2.45, 2.75) is 32.4 Å². The Morgan fingerprint density at radius 1 is 1.61 bits per heavy atom. The van der Waals surface area contributed by atoms with Crippen molar-refractivity contribution in [1.82, 2.24) is 9.88 Å². The Morgan fingerprint density at radius 2 is 2.44 bits per heavy atom. The summed E-state index contributed by atoms with van der Waals surface area (Å²) in [6, 6.07) is 6.37. The van der Waals surface area contributed by atoms with Crippen LogP contribution in [0.1, 0.15) is 31.0 Å². The van der Waals surface area contributed by atoms with Crippen LogP contribution in [0, 0.1) is 17.2 Å². The molecule has 1 saturated heterocycles. The third-order valence-corrected chi connectivity index (χ3v) is 3.79. The fourth-order valence-corrected chi connectivity index (χ4v) is 2.61. The van der Waals surface area contributed by atoms with E-state index in [0.29, 0.717) is 17.7 Å². The van der Waals surface area contributed by atoms with Gasteiger partial charge in [0.2, 0.25) is 0 Å². The molecular formula is C14H20N4. The Balaban J connectivity index is 2.04. The highest BCUT2D eigenvalue weighted by atomic mass is 15.1. The molecule has 2 unspecified atom stereocenters. The number of piperidine rings is 1. The molecule has 0 radical (unpaired) electrons. The Morgan fingerprint density at radius 3 is 3.17 bits per heavy atom. The average molecular weight is 244 g/mol. The quantitative estimate of drug-likeness (QED) is 0.875. The Labute approximate surface area is 108 Å². The van der Waals surface area contributed by atoms with E-state index in [0.717, 1.165) is 38.0 Å². The Kier molecular flexibility index (Phi) is 4.29. The Bertz CT molecular complexity index is 438. The lowest BCUT2D eigenvalue weighted by molar-refractivity contribution is 0.145. The van der Waals surface area contributed by atoms with Crippen molar-refractivity contribution in [1.29, 1.82) is 5.26 Å². The summed E-state index contributed by atoms with van der Waals surface area (Å²) in [7, 11) is 0. The van der Waals surface area contributed by atoms with E-state index in [1.54, 1.807) is 6.20 Å². The summed E-state index contributed by atoms with van der Waals surface area (Å²) in [6.45, 7) is 5.04. The monoisotopic (exact) mass is 244 g/mol. The lowest BCUT2D eigenvalue weighted by atomic mass is 9.90. The third-order valence-electron chi connectivity index (χ3n) is 3.79. The highest BCUT2D eigenvalue weighted by molar-refractivity contribution is 5.30. The SMILES string of the molecule is CCC1CN(Cc2cccnc2C#N)CCC1N. The smallest absolute Gasteiger partial charge is 0.144 e. The van der Waals surface area contributed by atoms with Gasteiger partial charge in [0.25, 0.3) is 0 Å². The van der Waals surface area contributed by atoms with Gasteiger partial charge in [-0.1, -0.05) is 19.4 Å². The van der Waals surface area contributed by atoms with Crippen molar-refractivity contribution in [2.24, 2.45) is 11.7 Å². The molecule has 0 aliphatic carbocycles. The van der Waals surface area contributed by atoms with Crippen LogP contribution in [0.25, 0.3) is 0 Å². The highest BCUT2D eigenvalue weighted by Crippen LogP contribution is 2.20. The standard InChI is InChI=1S/C14H20N4/c1-2-11-9-18(7-5-13(11)16)10-12-4-3-6-17-14(12)8-15/h3-4,6,11,13H,2,5,7,9-10,16H2,1H3. The minimum Gasteiger partial charge on any atom is -0.327 e. The molecule has 1 aliphatic rings. The molecule has 1 aromatic rings. The van der Waals surface area contributed by atoms with Crippen LogP contribution >= 0.6 is 0 Å². The third kappa shape index (κ3) is 2.87. The molecule has 2 N–H and O–H groups in total. The number of pyridine rings is 1. The van der Waals surface area contributed by atoms with Gasteiger partial charge < -0.3 is 5.73 Å². The van der Waals surface area contributed by atoms with Crippen molar-refractivity contribution in [3.05, 3.63) is 29.6 Å². The first-order valence-corrected chi connectivity index (χ1v) is 6.56. The van der Waals surface area contributed by atoms with Gasteiger partial charge in [-0.05, 0) is 24.9 Å². The van der Waals surface area contributed by atoms with Crippen molar-refractivity contribution in [3.8, 4) is 6.07 Å². The molecule has 1 aliphatic heterocycles. The second-order valence-electron chi connectivity index (χ2n) is 4.98. The lowest BCUT2D eigenvalue weighted by Gasteiger charge is -2.36. The molecule has 0 aromatic carbocycles. The van der Waals surface area contributed by atoms with Gasteiger partial charge in [0.15, 0.2) is 0 Å². The normalized spacial score (nSPS) is 24.7. The van der Waals surface area contributed by atoms with Crippen LogP contribution in [0.15, 0.2) is 18.3 Å². The zero-order valence-electron chi connectivity index (χ0n) is 10.8. The van der Waals surface area contributed by atoms with E-state index in [9.17, 15) is 0 Å². The van der Waals surface area contributed by atoms with Crippen molar-refractivity contribution >= 4 is 0 Å².